The van der Waals surface area contributed by atoms with Crippen molar-refractivity contribution >= 4 is 28.8 Å². The molecule has 0 atom stereocenters. The molecule has 1 N–H and O–H groups in total. The zero-order chi connectivity index (χ0) is 22.2. The largest absolute Gasteiger partial charge is 0.459 e. The van der Waals surface area contributed by atoms with Crippen molar-refractivity contribution in [2.24, 2.45) is 7.05 Å². The number of carbonyl (C=O) groups excluding carboxylic acids is 2. The van der Waals surface area contributed by atoms with Crippen LogP contribution in [0.2, 0.25) is 0 Å². The molecule has 0 aliphatic carbocycles. The van der Waals surface area contributed by atoms with Crippen molar-refractivity contribution in [2.45, 2.75) is 39.5 Å². The van der Waals surface area contributed by atoms with Gasteiger partial charge in [-0.2, -0.15) is 0 Å². The van der Waals surface area contributed by atoms with Crippen LogP contribution in [0, 0.1) is 0 Å². The first-order valence-corrected chi connectivity index (χ1v) is 10.9. The smallest absolute Gasteiger partial charge is 0.291 e. The molecule has 0 aliphatic rings. The minimum atomic E-state index is -0.434. The van der Waals surface area contributed by atoms with Crippen LogP contribution in [0.5, 0.6) is 0 Å². The molecule has 0 aliphatic heterocycles. The Labute approximate surface area is 183 Å². The van der Waals surface area contributed by atoms with E-state index in [1.165, 1.54) is 6.26 Å². The highest BCUT2D eigenvalue weighted by Gasteiger charge is 2.22. The molecule has 0 bridgehead atoms. The third-order valence-corrected chi connectivity index (χ3v) is 5.30. The van der Waals surface area contributed by atoms with E-state index in [9.17, 15) is 9.59 Å². The van der Waals surface area contributed by atoms with Crippen LogP contribution in [0.1, 0.15) is 55.6 Å². The minimum Gasteiger partial charge on any atom is -0.459 e. The van der Waals surface area contributed by atoms with Gasteiger partial charge in [-0.3, -0.25) is 9.59 Å². The van der Waals surface area contributed by atoms with E-state index in [1.54, 1.807) is 18.2 Å². The lowest BCUT2D eigenvalue weighted by atomic mass is 10.1. The van der Waals surface area contributed by atoms with Crippen LogP contribution < -0.4 is 5.32 Å². The number of amides is 2. The van der Waals surface area contributed by atoms with Crippen LogP contribution in [0.25, 0.3) is 17.0 Å². The molecule has 2 heterocycles. The van der Waals surface area contributed by atoms with E-state index in [4.69, 9.17) is 4.42 Å². The molecule has 31 heavy (non-hydrogen) atoms. The van der Waals surface area contributed by atoms with Crippen LogP contribution in [0.4, 0.5) is 0 Å². The number of hydrogen-bond acceptors (Lipinski definition) is 3. The average Bonchev–Trinajstić information content (AvgIpc) is 3.42. The van der Waals surface area contributed by atoms with E-state index in [1.807, 2.05) is 47.0 Å². The summed E-state index contributed by atoms with van der Waals surface area (Å²) in [5.41, 5.74) is 2.20. The number of aromatic nitrogens is 1. The van der Waals surface area contributed by atoms with Gasteiger partial charge in [-0.15, -0.1) is 0 Å². The fourth-order valence-electron chi connectivity index (χ4n) is 3.57. The topological polar surface area (TPSA) is 67.5 Å². The molecular weight excluding hydrogens is 390 g/mol. The monoisotopic (exact) mass is 421 g/mol. The number of hydrogen-bond donors (Lipinski definition) is 1. The third kappa shape index (κ3) is 5.45. The molecule has 6 heteroatoms. The Balaban J connectivity index is 1.99. The maximum Gasteiger partial charge on any atom is 0.291 e. The second-order valence-electron chi connectivity index (χ2n) is 7.70. The van der Waals surface area contributed by atoms with Gasteiger partial charge in [-0.05, 0) is 37.1 Å². The summed E-state index contributed by atoms with van der Waals surface area (Å²) >= 11 is 0. The van der Waals surface area contributed by atoms with Crippen molar-refractivity contribution in [3.63, 3.8) is 0 Å². The van der Waals surface area contributed by atoms with Crippen molar-refractivity contribution in [3.05, 3.63) is 65.9 Å². The molecule has 1 aromatic carbocycles. The van der Waals surface area contributed by atoms with Crippen molar-refractivity contribution in [2.75, 3.05) is 13.1 Å². The lowest BCUT2D eigenvalue weighted by Gasteiger charge is -2.24. The lowest BCUT2D eigenvalue weighted by molar-refractivity contribution is -0.127. The van der Waals surface area contributed by atoms with Gasteiger partial charge in [0.15, 0.2) is 5.76 Å². The predicted molar refractivity (Wildman–Crippen MR) is 123 cm³/mol. The minimum absolute atomic E-state index is 0.172. The lowest BCUT2D eigenvalue weighted by Crippen LogP contribution is -2.39. The Bertz CT molecular complexity index is 1040. The molecule has 0 spiro atoms. The van der Waals surface area contributed by atoms with Gasteiger partial charge >= 0.3 is 0 Å². The Hall–Kier alpha value is -3.28. The summed E-state index contributed by atoms with van der Waals surface area (Å²) in [4.78, 5) is 28.1. The molecule has 0 radical (unpaired) electrons. The first-order chi connectivity index (χ1) is 15.0. The highest BCUT2D eigenvalue weighted by Crippen LogP contribution is 2.23. The summed E-state index contributed by atoms with van der Waals surface area (Å²) in [7, 11) is 1.97. The zero-order valence-electron chi connectivity index (χ0n) is 18.6. The summed E-state index contributed by atoms with van der Waals surface area (Å²) in [5, 5.41) is 3.83. The van der Waals surface area contributed by atoms with Gasteiger partial charge < -0.3 is 19.2 Å². The number of fused-ring (bicyclic) bond motifs is 1. The van der Waals surface area contributed by atoms with E-state index >= 15 is 0 Å². The Kier molecular flexibility index (Phi) is 7.70. The van der Waals surface area contributed by atoms with Crippen molar-refractivity contribution in [1.29, 1.82) is 0 Å². The van der Waals surface area contributed by atoms with E-state index in [0.29, 0.717) is 13.1 Å². The van der Waals surface area contributed by atoms with E-state index in [2.05, 4.69) is 19.2 Å². The molecule has 2 aromatic heterocycles. The second kappa shape index (κ2) is 10.7. The van der Waals surface area contributed by atoms with Crippen LogP contribution in [-0.2, 0) is 11.8 Å². The van der Waals surface area contributed by atoms with Gasteiger partial charge in [0, 0.05) is 42.8 Å². The van der Waals surface area contributed by atoms with Gasteiger partial charge in [0.05, 0.1) is 6.26 Å². The fourth-order valence-corrected chi connectivity index (χ4v) is 3.57. The number of nitrogens with zero attached hydrogens (tertiary/aromatic N) is 2. The molecule has 6 nitrogen and oxygen atoms in total. The first-order valence-electron chi connectivity index (χ1n) is 10.9. The number of rotatable bonds is 10. The highest BCUT2D eigenvalue weighted by molar-refractivity contribution is 6.05. The number of para-hydroxylation sites is 1. The van der Waals surface area contributed by atoms with E-state index in [0.717, 1.165) is 42.1 Å². The summed E-state index contributed by atoms with van der Waals surface area (Å²) in [5.74, 6) is -0.434. The number of nitrogens with one attached hydrogen (secondary N) is 1. The van der Waals surface area contributed by atoms with Crippen molar-refractivity contribution < 1.29 is 14.0 Å². The summed E-state index contributed by atoms with van der Waals surface area (Å²) < 4.78 is 7.24. The van der Waals surface area contributed by atoms with Crippen LogP contribution in [0.15, 0.2) is 59.0 Å². The quantitative estimate of drug-likeness (QED) is 0.470. The van der Waals surface area contributed by atoms with Gasteiger partial charge in [-0.1, -0.05) is 44.9 Å². The summed E-state index contributed by atoms with van der Waals surface area (Å²) in [6.07, 6.45) is 9.02. The maximum atomic E-state index is 13.5. The van der Waals surface area contributed by atoms with Gasteiger partial charge in [0.1, 0.15) is 5.70 Å². The van der Waals surface area contributed by atoms with E-state index < -0.39 is 5.91 Å². The Morgan fingerprint density at radius 1 is 1.06 bits per heavy atom. The molecule has 0 saturated heterocycles. The molecule has 3 rings (SSSR count). The molecule has 0 unspecified atom stereocenters. The molecule has 3 aromatic rings. The molecule has 164 valence electrons. The van der Waals surface area contributed by atoms with Crippen LogP contribution >= 0.6 is 0 Å². The van der Waals surface area contributed by atoms with Crippen LogP contribution in [-0.4, -0.2) is 34.4 Å². The Morgan fingerprint density at radius 2 is 1.77 bits per heavy atom. The summed E-state index contributed by atoms with van der Waals surface area (Å²) in [6, 6.07) is 11.2. The zero-order valence-corrected chi connectivity index (χ0v) is 18.6. The number of benzene rings is 1. The Morgan fingerprint density at radius 3 is 2.42 bits per heavy atom. The van der Waals surface area contributed by atoms with Gasteiger partial charge in [-0.25, -0.2) is 0 Å². The number of unbranched alkanes of at least 4 members (excludes halogenated alkanes) is 2. The molecular formula is C25H31N3O3. The fraction of sp³-hybridized carbons (Fsp3) is 0.360. The predicted octanol–water partition coefficient (Wildman–Crippen LogP) is 4.97. The number of carbonyl (C=O) groups is 2. The third-order valence-electron chi connectivity index (χ3n) is 5.30. The SMILES string of the molecule is CCCCN(CCCC)C(=O)C(=Cc1cn(C)c2ccccc12)NC(=O)c1ccco1. The normalized spacial score (nSPS) is 11.6. The van der Waals surface area contributed by atoms with Crippen LogP contribution in [0.3, 0.4) is 0 Å². The van der Waals surface area contributed by atoms with Gasteiger partial charge in [0.25, 0.3) is 11.8 Å². The van der Waals surface area contributed by atoms with Crippen molar-refractivity contribution in [3.8, 4) is 0 Å². The standard InChI is InChI=1S/C25H31N3O3/c1-4-6-14-28(15-7-5-2)25(30)21(26-24(29)23-13-10-16-31-23)17-19-18-27(3)22-12-9-8-11-20(19)22/h8-13,16-18H,4-7,14-15H2,1-3H3,(H,26,29). The summed E-state index contributed by atoms with van der Waals surface area (Å²) in [6.45, 7) is 5.54. The van der Waals surface area contributed by atoms with Gasteiger partial charge in [0.2, 0.25) is 0 Å². The molecule has 0 fully saturated rings. The van der Waals surface area contributed by atoms with Crippen molar-refractivity contribution in [1.82, 2.24) is 14.8 Å². The average molecular weight is 422 g/mol. The highest BCUT2D eigenvalue weighted by atomic mass is 16.3. The molecule has 0 saturated carbocycles. The van der Waals surface area contributed by atoms with E-state index in [-0.39, 0.29) is 17.4 Å². The number of furan rings is 1. The second-order valence-corrected chi connectivity index (χ2v) is 7.70. The molecule has 2 amide bonds. The number of aryl methyl sites for hydroxylation is 1. The maximum absolute atomic E-state index is 13.5. The first kappa shape index (κ1) is 22.4.